The average molecular weight is 451 g/mol. The minimum atomic E-state index is 0.734. The molecule has 0 aromatic heterocycles. The van der Waals surface area contributed by atoms with Crippen molar-refractivity contribution < 1.29 is 0 Å². The first-order chi connectivity index (χ1) is 16.1. The monoisotopic (exact) mass is 450 g/mol. The van der Waals surface area contributed by atoms with E-state index in [1.54, 1.807) is 0 Å². The lowest BCUT2D eigenvalue weighted by molar-refractivity contribution is 0.413. The highest BCUT2D eigenvalue weighted by Crippen LogP contribution is 2.21. The van der Waals surface area contributed by atoms with Crippen LogP contribution in [0, 0.1) is 13.8 Å². The number of aryl methyl sites for hydroxylation is 2. The zero-order chi connectivity index (χ0) is 23.0. The van der Waals surface area contributed by atoms with Crippen molar-refractivity contribution in [2.24, 2.45) is 0 Å². The van der Waals surface area contributed by atoms with E-state index in [-0.39, 0.29) is 0 Å². The van der Waals surface area contributed by atoms with Crippen molar-refractivity contribution in [1.82, 2.24) is 4.90 Å². The van der Waals surface area contributed by atoms with Gasteiger partial charge < -0.3 is 10.2 Å². The van der Waals surface area contributed by atoms with E-state index in [1.165, 1.54) is 33.4 Å². The van der Waals surface area contributed by atoms with Crippen LogP contribution in [0.2, 0.25) is 0 Å². The highest BCUT2D eigenvalue weighted by molar-refractivity contribution is 7.80. The predicted molar refractivity (Wildman–Crippen MR) is 144 cm³/mol. The molecular formula is C30H30N2S. The highest BCUT2D eigenvalue weighted by Gasteiger charge is 2.13. The number of anilines is 1. The number of hydrogen-bond donors (Lipinski definition) is 1. The Morgan fingerprint density at radius 1 is 0.667 bits per heavy atom. The molecule has 1 N–H and O–H groups in total. The van der Waals surface area contributed by atoms with E-state index >= 15 is 0 Å². The van der Waals surface area contributed by atoms with Crippen LogP contribution < -0.4 is 5.32 Å². The van der Waals surface area contributed by atoms with Crippen LogP contribution in [0.3, 0.4) is 0 Å². The summed E-state index contributed by atoms with van der Waals surface area (Å²) in [5, 5.41) is 4.24. The molecule has 0 atom stereocenters. The topological polar surface area (TPSA) is 15.3 Å². The van der Waals surface area contributed by atoms with Gasteiger partial charge in [-0.1, -0.05) is 103 Å². The van der Waals surface area contributed by atoms with E-state index in [0.717, 1.165) is 30.3 Å². The Hall–Kier alpha value is -3.43. The maximum absolute atomic E-state index is 5.88. The van der Waals surface area contributed by atoms with Gasteiger partial charge in [-0.05, 0) is 66.4 Å². The van der Waals surface area contributed by atoms with Gasteiger partial charge in [-0.15, -0.1) is 0 Å². The largest absolute Gasteiger partial charge is 0.340 e. The smallest absolute Gasteiger partial charge is 0.174 e. The number of benzene rings is 4. The number of hydrogen-bond acceptors (Lipinski definition) is 1. The van der Waals surface area contributed by atoms with Crippen molar-refractivity contribution in [3.8, 4) is 0 Å². The van der Waals surface area contributed by atoms with E-state index in [9.17, 15) is 0 Å². The lowest BCUT2D eigenvalue weighted by atomic mass is 10.0. The molecule has 0 saturated heterocycles. The summed E-state index contributed by atoms with van der Waals surface area (Å²) in [4.78, 5) is 2.22. The molecule has 0 fully saturated rings. The van der Waals surface area contributed by atoms with Crippen LogP contribution in [-0.2, 0) is 19.5 Å². The lowest BCUT2D eigenvalue weighted by Crippen LogP contribution is -2.34. The van der Waals surface area contributed by atoms with Gasteiger partial charge >= 0.3 is 0 Å². The van der Waals surface area contributed by atoms with E-state index < -0.39 is 0 Å². The average Bonchev–Trinajstić information content (AvgIpc) is 2.82. The first kappa shape index (κ1) is 22.8. The van der Waals surface area contributed by atoms with Gasteiger partial charge in [0.15, 0.2) is 5.11 Å². The standard InChI is InChI=1S/C30H30N2S/c1-23-10-9-15-27(18-23)20-28-16-17-29(24(2)19-28)31-30(33)32(21-25-11-5-3-6-12-25)22-26-13-7-4-8-14-26/h3-19H,20-22H2,1-2H3,(H,31,33). The SMILES string of the molecule is Cc1cccc(Cc2ccc(NC(=S)N(Cc3ccccc3)Cc3ccccc3)c(C)c2)c1. The van der Waals surface area contributed by atoms with E-state index in [4.69, 9.17) is 12.2 Å². The van der Waals surface area contributed by atoms with Crippen molar-refractivity contribution in [2.45, 2.75) is 33.4 Å². The quantitative estimate of drug-likeness (QED) is 0.298. The van der Waals surface area contributed by atoms with Crippen LogP contribution in [0.1, 0.15) is 33.4 Å². The Labute approximate surface area is 202 Å². The molecule has 33 heavy (non-hydrogen) atoms. The van der Waals surface area contributed by atoms with Crippen LogP contribution in [0.25, 0.3) is 0 Å². The molecule has 166 valence electrons. The van der Waals surface area contributed by atoms with E-state index in [2.05, 4.69) is 115 Å². The minimum absolute atomic E-state index is 0.734. The zero-order valence-electron chi connectivity index (χ0n) is 19.3. The zero-order valence-corrected chi connectivity index (χ0v) is 20.1. The second-order valence-corrected chi connectivity index (χ2v) is 8.96. The Kier molecular flexibility index (Phi) is 7.54. The summed E-state index contributed by atoms with van der Waals surface area (Å²) in [7, 11) is 0. The molecule has 0 spiro atoms. The molecule has 2 nitrogen and oxygen atoms in total. The minimum Gasteiger partial charge on any atom is -0.340 e. The van der Waals surface area contributed by atoms with Crippen LogP contribution in [0.15, 0.2) is 103 Å². The van der Waals surface area contributed by atoms with Crippen molar-refractivity contribution in [2.75, 3.05) is 5.32 Å². The third-order valence-electron chi connectivity index (χ3n) is 5.74. The summed E-state index contributed by atoms with van der Waals surface area (Å²) in [6.07, 6.45) is 0.932. The van der Waals surface area contributed by atoms with Crippen LogP contribution in [0.5, 0.6) is 0 Å². The summed E-state index contributed by atoms with van der Waals surface area (Å²) in [6.45, 7) is 5.79. The number of thiocarbonyl (C=S) groups is 1. The van der Waals surface area contributed by atoms with Crippen LogP contribution in [-0.4, -0.2) is 10.0 Å². The third-order valence-corrected chi connectivity index (χ3v) is 6.10. The second kappa shape index (κ2) is 10.9. The Bertz CT molecular complexity index is 1160. The molecule has 3 heteroatoms. The number of nitrogens with one attached hydrogen (secondary N) is 1. The molecule has 0 aliphatic carbocycles. The molecule has 4 aromatic carbocycles. The fourth-order valence-electron chi connectivity index (χ4n) is 4.04. The van der Waals surface area contributed by atoms with Gasteiger partial charge in [0.1, 0.15) is 0 Å². The first-order valence-corrected chi connectivity index (χ1v) is 11.8. The van der Waals surface area contributed by atoms with Gasteiger partial charge in [-0.25, -0.2) is 0 Å². The van der Waals surface area contributed by atoms with E-state index in [1.807, 2.05) is 12.1 Å². The molecule has 0 unspecified atom stereocenters. The fraction of sp³-hybridized carbons (Fsp3) is 0.167. The molecule has 0 saturated carbocycles. The van der Waals surface area contributed by atoms with Gasteiger partial charge in [-0.2, -0.15) is 0 Å². The van der Waals surface area contributed by atoms with Crippen molar-refractivity contribution in [3.63, 3.8) is 0 Å². The predicted octanol–water partition coefficient (Wildman–Crippen LogP) is 7.29. The van der Waals surface area contributed by atoms with Gasteiger partial charge in [0.05, 0.1) is 0 Å². The summed E-state index contributed by atoms with van der Waals surface area (Å²) in [5.41, 5.74) is 8.67. The number of nitrogens with zero attached hydrogens (tertiary/aromatic N) is 1. The maximum Gasteiger partial charge on any atom is 0.174 e. The molecule has 0 radical (unpaired) electrons. The molecule has 4 aromatic rings. The molecule has 0 aliphatic rings. The molecule has 0 aliphatic heterocycles. The van der Waals surface area contributed by atoms with Crippen molar-refractivity contribution in [3.05, 3.63) is 137 Å². The summed E-state index contributed by atoms with van der Waals surface area (Å²) >= 11 is 5.88. The highest BCUT2D eigenvalue weighted by atomic mass is 32.1. The van der Waals surface area contributed by atoms with Gasteiger partial charge in [-0.3, -0.25) is 0 Å². The van der Waals surface area contributed by atoms with Crippen molar-refractivity contribution >= 4 is 23.0 Å². The molecule has 0 heterocycles. The fourth-order valence-corrected chi connectivity index (χ4v) is 4.27. The summed E-state index contributed by atoms with van der Waals surface area (Å²) in [6, 6.07) is 36.3. The summed E-state index contributed by atoms with van der Waals surface area (Å²) in [5.74, 6) is 0. The maximum atomic E-state index is 5.88. The van der Waals surface area contributed by atoms with Gasteiger partial charge in [0.2, 0.25) is 0 Å². The first-order valence-electron chi connectivity index (χ1n) is 11.4. The third kappa shape index (κ3) is 6.53. The number of rotatable bonds is 7. The lowest BCUT2D eigenvalue weighted by Gasteiger charge is -2.27. The second-order valence-electron chi connectivity index (χ2n) is 8.57. The molecule has 0 amide bonds. The van der Waals surface area contributed by atoms with Crippen molar-refractivity contribution in [1.29, 1.82) is 0 Å². The normalized spacial score (nSPS) is 10.6. The Morgan fingerprint density at radius 2 is 1.24 bits per heavy atom. The van der Waals surface area contributed by atoms with Crippen LogP contribution >= 0.6 is 12.2 Å². The molecule has 0 bridgehead atoms. The summed E-state index contributed by atoms with van der Waals surface area (Å²) < 4.78 is 0. The van der Waals surface area contributed by atoms with Gasteiger partial charge in [0.25, 0.3) is 0 Å². The van der Waals surface area contributed by atoms with Crippen LogP contribution in [0.4, 0.5) is 5.69 Å². The molecule has 4 rings (SSSR count). The Morgan fingerprint density at radius 3 is 1.82 bits per heavy atom. The van der Waals surface area contributed by atoms with E-state index in [0.29, 0.717) is 0 Å². The Balaban J connectivity index is 1.49. The molecular weight excluding hydrogens is 420 g/mol. The van der Waals surface area contributed by atoms with Gasteiger partial charge in [0, 0.05) is 18.8 Å².